The van der Waals surface area contributed by atoms with Crippen LogP contribution in [0.25, 0.3) is 11.1 Å². The number of para-hydroxylation sites is 4. The Morgan fingerprint density at radius 3 is 1.38 bits per heavy atom. The number of Topliss-reactive ketones (excluding diaryl/α,β-unsaturated/α-hetero) is 1. The maximum atomic E-state index is 15.1. The third kappa shape index (κ3) is 3.77. The predicted molar refractivity (Wildman–Crippen MR) is 252 cm³/mol. The lowest BCUT2D eigenvalue weighted by Gasteiger charge is -2.55. The van der Waals surface area contributed by atoms with Gasteiger partial charge in [-0.1, -0.05) is 162 Å². The first-order chi connectivity index (χ1) is 30.0. The van der Waals surface area contributed by atoms with Gasteiger partial charge in [0.2, 0.25) is 16.7 Å². The van der Waals surface area contributed by atoms with Crippen LogP contribution in [0, 0.1) is 0 Å². The Bertz CT molecular complexity index is 3510. The summed E-state index contributed by atoms with van der Waals surface area (Å²) in [4.78, 5) is 17.5. The first-order valence-electron chi connectivity index (χ1n) is 22.8. The molecule has 0 spiro atoms. The fourth-order valence-electron chi connectivity index (χ4n) is 13.9. The van der Waals surface area contributed by atoms with Crippen LogP contribution < -0.4 is 25.2 Å². The lowest BCUT2D eigenvalue weighted by atomic mass is 9.60. The van der Waals surface area contributed by atoms with Crippen LogP contribution in [-0.2, 0) is 37.3 Å². The lowest BCUT2D eigenvalue weighted by molar-refractivity contribution is -0.293. The normalized spacial score (nSPS) is 21.8. The maximum absolute atomic E-state index is 15.1. The number of carbonyl (C=O) groups is 1. The number of allylic oxidation sites excluding steroid dienone is 2. The highest BCUT2D eigenvalue weighted by atomic mass is 16.3. The average molecular weight is 841 g/mol. The summed E-state index contributed by atoms with van der Waals surface area (Å²) in [6, 6.07) is 30.0. The van der Waals surface area contributed by atoms with Gasteiger partial charge in [-0.15, -0.1) is 0 Å². The molecule has 64 heavy (non-hydrogen) atoms. The monoisotopic (exact) mass is 840 g/mol. The number of nitrogens with zero attached hydrogens (tertiary/aromatic N) is 2. The second kappa shape index (κ2) is 10.7. The second-order valence-corrected chi connectivity index (χ2v) is 22.7. The molecule has 6 aromatic rings. The summed E-state index contributed by atoms with van der Waals surface area (Å²) < 4.78 is 2.36. The zero-order chi connectivity index (χ0) is 45.1. The average Bonchev–Trinajstić information content (AvgIpc) is 3.23. The van der Waals surface area contributed by atoms with Crippen molar-refractivity contribution in [1.29, 1.82) is 0 Å². The van der Waals surface area contributed by atoms with E-state index in [-0.39, 0.29) is 44.3 Å². The van der Waals surface area contributed by atoms with Gasteiger partial charge in [0.15, 0.2) is 5.78 Å². The van der Waals surface area contributed by atoms with Gasteiger partial charge in [-0.25, -0.2) is 0 Å². The van der Waals surface area contributed by atoms with Gasteiger partial charge in [0.05, 0.1) is 22.6 Å². The number of ketones is 1. The molecular formula is C58H52N2O4. The lowest BCUT2D eigenvalue weighted by Crippen LogP contribution is -2.51. The van der Waals surface area contributed by atoms with E-state index in [1.54, 1.807) is 0 Å². The summed E-state index contributed by atoms with van der Waals surface area (Å²) in [6.45, 7) is 26.6. The minimum atomic E-state index is -0.683. The van der Waals surface area contributed by atoms with Crippen LogP contribution in [0.5, 0.6) is 11.5 Å². The number of hydrogen-bond acceptors (Lipinski definition) is 5. The molecule has 2 N–H and O–H groups in total. The van der Waals surface area contributed by atoms with Crippen molar-refractivity contribution in [2.45, 2.75) is 116 Å². The van der Waals surface area contributed by atoms with Crippen LogP contribution in [0.3, 0.4) is 0 Å². The number of phenolic OH excluding ortho intramolecular Hbond substituents is 2. The fourth-order valence-corrected chi connectivity index (χ4v) is 13.9. The zero-order valence-corrected chi connectivity index (χ0v) is 38.7. The Morgan fingerprint density at radius 1 is 0.469 bits per heavy atom. The van der Waals surface area contributed by atoms with Gasteiger partial charge >= 0.3 is 0 Å². The Kier molecular flexibility index (Phi) is 6.40. The van der Waals surface area contributed by atoms with E-state index in [0.29, 0.717) is 11.1 Å². The molecule has 6 aliphatic heterocycles. The number of carbonyl (C=O) groups excluding carboxylic acids is 1. The standard InChI is InChI=1S/C58H52N2O4/c1-53(2)29-17-13-21-33-43(29)59-45-31(53)19-15-23-35(45)57(9,10)41-47(59)37(55(33,5)6)25-27(49(41)61)39-51(63)40(52(39)64)28-26-38-48-42(50(28)62)58(11,12)36-24-16-20-32-46(36)60(48)44-30(54(32,3)4)18-14-22-34(44)56(38,7)8/h13-26H,1-12H3,(H2,61,62,63,64). The first-order valence-corrected chi connectivity index (χ1v) is 22.8. The van der Waals surface area contributed by atoms with E-state index in [2.05, 4.69) is 165 Å². The number of rotatable bonds is 1. The quantitative estimate of drug-likeness (QED) is 0.161. The molecule has 0 saturated carbocycles. The van der Waals surface area contributed by atoms with Crippen molar-refractivity contribution in [3.05, 3.63) is 174 Å². The van der Waals surface area contributed by atoms with Crippen LogP contribution in [0.2, 0.25) is 0 Å². The fraction of sp³-hybridized carbons (Fsp3) is 0.310. The van der Waals surface area contributed by atoms with E-state index in [9.17, 15) is 10.2 Å². The van der Waals surface area contributed by atoms with Gasteiger partial charge in [0.1, 0.15) is 11.5 Å². The molecule has 0 atom stereocenters. The van der Waals surface area contributed by atoms with Crippen molar-refractivity contribution in [3.63, 3.8) is 0 Å². The third-order valence-corrected chi connectivity index (χ3v) is 17.5. The molecule has 6 heterocycles. The predicted octanol–water partition coefficient (Wildman–Crippen LogP) is 10.1. The molecule has 0 fully saturated rings. The first kappa shape index (κ1) is 38.1. The van der Waals surface area contributed by atoms with Crippen molar-refractivity contribution in [2.75, 3.05) is 4.90 Å². The molecule has 6 nitrogen and oxygen atoms in total. The highest BCUT2D eigenvalue weighted by Crippen LogP contribution is 2.68. The molecule has 318 valence electrons. The van der Waals surface area contributed by atoms with Crippen molar-refractivity contribution in [1.82, 2.24) is 4.58 Å². The van der Waals surface area contributed by atoms with E-state index in [1.807, 2.05) is 12.1 Å². The molecule has 0 bridgehead atoms. The van der Waals surface area contributed by atoms with Crippen LogP contribution in [0.15, 0.2) is 90.7 Å². The van der Waals surface area contributed by atoms with Crippen molar-refractivity contribution < 1.29 is 20.1 Å². The van der Waals surface area contributed by atoms with Gasteiger partial charge in [-0.05, 0) is 39.9 Å². The summed E-state index contributed by atoms with van der Waals surface area (Å²) in [5.74, 6) is -1.02. The van der Waals surface area contributed by atoms with Crippen LogP contribution in [0.1, 0.15) is 155 Å². The number of aromatic hydroxyl groups is 2. The van der Waals surface area contributed by atoms with E-state index in [4.69, 9.17) is 0 Å². The molecule has 7 aliphatic rings. The molecular weight excluding hydrogens is 789 g/mol. The van der Waals surface area contributed by atoms with Gasteiger partial charge in [-0.2, -0.15) is 4.58 Å². The number of phenols is 2. The largest absolute Gasteiger partial charge is 0.871 e. The van der Waals surface area contributed by atoms with Crippen molar-refractivity contribution >= 4 is 45.4 Å². The Labute approximate surface area is 374 Å². The van der Waals surface area contributed by atoms with Gasteiger partial charge in [-0.3, -0.25) is 4.79 Å². The molecule has 0 radical (unpaired) electrons. The van der Waals surface area contributed by atoms with Crippen LogP contribution in [0.4, 0.5) is 28.4 Å². The Balaban J connectivity index is 1.11. The topological polar surface area (TPSA) is 86.8 Å². The van der Waals surface area contributed by atoms with Gasteiger partial charge in [0.25, 0.3) is 0 Å². The number of anilines is 3. The van der Waals surface area contributed by atoms with Crippen molar-refractivity contribution in [3.8, 4) is 11.5 Å². The zero-order valence-electron chi connectivity index (χ0n) is 38.7. The third-order valence-electron chi connectivity index (χ3n) is 17.5. The highest BCUT2D eigenvalue weighted by molar-refractivity contribution is 6.52. The summed E-state index contributed by atoms with van der Waals surface area (Å²) in [6.07, 6.45) is 0. The van der Waals surface area contributed by atoms with Crippen molar-refractivity contribution in [2.24, 2.45) is 0 Å². The molecule has 0 saturated heterocycles. The molecule has 1 aliphatic carbocycles. The summed E-state index contributed by atoms with van der Waals surface area (Å²) in [5.41, 5.74) is 15.5. The SMILES string of the molecule is CC1(C)c2cccc3c2N2c4c1cccc4C(C)(C)c1c(O)c(C4=C([O-])/C(=c5/cc6c7c(c5O)C(C)(C)c5cccc8c5[N+]=7c5c(cccc5C6(C)C)C8(C)C)C4=O)cc(c12)C3(C)C. The Morgan fingerprint density at radius 2 is 0.875 bits per heavy atom. The highest BCUT2D eigenvalue weighted by Gasteiger charge is 2.57. The number of hydrogen-bond donors (Lipinski definition) is 2. The molecule has 6 aromatic carbocycles. The second-order valence-electron chi connectivity index (χ2n) is 22.7. The van der Waals surface area contributed by atoms with Crippen LogP contribution >= 0.6 is 0 Å². The smallest absolute Gasteiger partial charge is 0.223 e. The molecule has 6 heteroatoms. The summed E-state index contributed by atoms with van der Waals surface area (Å²) in [5, 5.41) is 41.9. The molecule has 0 amide bonds. The number of benzene rings is 6. The van der Waals surface area contributed by atoms with E-state index < -0.39 is 33.2 Å². The van der Waals surface area contributed by atoms with Gasteiger partial charge < -0.3 is 20.2 Å². The van der Waals surface area contributed by atoms with E-state index in [0.717, 1.165) is 67.2 Å². The van der Waals surface area contributed by atoms with Crippen LogP contribution in [-0.4, -0.2) is 16.0 Å². The maximum Gasteiger partial charge on any atom is 0.223 e. The molecule has 0 aromatic heterocycles. The molecule has 0 unspecified atom stereocenters. The minimum Gasteiger partial charge on any atom is -0.871 e. The summed E-state index contributed by atoms with van der Waals surface area (Å²) >= 11 is 0. The van der Waals surface area contributed by atoms with Gasteiger partial charge in [0, 0.05) is 87.8 Å². The molecule has 13 rings (SSSR count). The van der Waals surface area contributed by atoms with E-state index in [1.165, 1.54) is 22.3 Å². The Hall–Kier alpha value is -6.40. The summed E-state index contributed by atoms with van der Waals surface area (Å²) in [7, 11) is 0. The minimum absolute atomic E-state index is 0.0375. The van der Waals surface area contributed by atoms with E-state index >= 15 is 9.90 Å².